The highest BCUT2D eigenvalue weighted by Gasteiger charge is 2.76. The maximum atomic E-state index is 12.2. The molecule has 0 aromatic rings. The summed E-state index contributed by atoms with van der Waals surface area (Å²) >= 11 is 1.15. The summed E-state index contributed by atoms with van der Waals surface area (Å²) < 4.78 is 76.7. The summed E-state index contributed by atoms with van der Waals surface area (Å²) in [6, 6.07) is 0. The van der Waals surface area contributed by atoms with E-state index >= 15 is 0 Å². The Bertz CT molecular complexity index is 274. The predicted molar refractivity (Wildman–Crippen MR) is 51.0 cm³/mol. The summed E-state index contributed by atoms with van der Waals surface area (Å²) in [6.45, 7) is 1.06. The molecule has 0 aliphatic carbocycles. The summed E-state index contributed by atoms with van der Waals surface area (Å²) in [5.41, 5.74) is -5.49. The van der Waals surface area contributed by atoms with Gasteiger partial charge in [0.25, 0.3) is 0 Å². The topological polar surface area (TPSA) is 46.5 Å². The number of halogens is 6. The number of esters is 1. The van der Waals surface area contributed by atoms with Crippen molar-refractivity contribution in [1.82, 2.24) is 0 Å². The first-order chi connectivity index (χ1) is 7.98. The van der Waals surface area contributed by atoms with Crippen LogP contribution in [-0.4, -0.2) is 47.1 Å². The van der Waals surface area contributed by atoms with Crippen LogP contribution < -0.4 is 0 Å². The molecule has 0 aliphatic rings. The van der Waals surface area contributed by atoms with Crippen molar-refractivity contribution in [3.8, 4) is 0 Å². The van der Waals surface area contributed by atoms with Crippen LogP contribution in [0.15, 0.2) is 0 Å². The molecule has 18 heavy (non-hydrogen) atoms. The van der Waals surface area contributed by atoms with Crippen LogP contribution in [0.4, 0.5) is 26.3 Å². The minimum absolute atomic E-state index is 0.0357. The lowest BCUT2D eigenvalue weighted by Gasteiger charge is -2.29. The van der Waals surface area contributed by atoms with Crippen LogP contribution in [0.2, 0.25) is 0 Å². The second-order valence-electron chi connectivity index (χ2n) is 3.04. The Morgan fingerprint density at radius 2 is 1.61 bits per heavy atom. The van der Waals surface area contributed by atoms with Crippen LogP contribution in [-0.2, 0) is 9.53 Å². The van der Waals surface area contributed by atoms with Crippen LogP contribution in [0.3, 0.4) is 0 Å². The van der Waals surface area contributed by atoms with Gasteiger partial charge in [-0.2, -0.15) is 38.1 Å². The molecule has 10 heteroatoms. The second-order valence-corrected chi connectivity index (χ2v) is 4.43. The molecule has 0 aromatic heterocycles. The third-order valence-corrected chi connectivity index (χ3v) is 2.64. The highest BCUT2D eigenvalue weighted by Crippen LogP contribution is 2.43. The second kappa shape index (κ2) is 6.00. The Hall–Kier alpha value is -0.640. The van der Waals surface area contributed by atoms with Gasteiger partial charge in [-0.1, -0.05) is 6.92 Å². The van der Waals surface area contributed by atoms with Crippen molar-refractivity contribution in [3.63, 3.8) is 0 Å². The van der Waals surface area contributed by atoms with E-state index in [1.807, 2.05) is 0 Å². The van der Waals surface area contributed by atoms with Crippen LogP contribution in [0.5, 0.6) is 0 Å². The number of rotatable bonds is 5. The molecule has 0 saturated heterocycles. The third-order valence-electron chi connectivity index (χ3n) is 1.78. The molecule has 0 heterocycles. The van der Waals surface area contributed by atoms with E-state index in [1.165, 1.54) is 0 Å². The first-order valence-electron chi connectivity index (χ1n) is 4.59. The van der Waals surface area contributed by atoms with Crippen LogP contribution >= 0.6 is 11.8 Å². The molecular formula is C8H10F6O3S. The summed E-state index contributed by atoms with van der Waals surface area (Å²) in [7, 11) is 0. The Morgan fingerprint density at radius 3 is 1.94 bits per heavy atom. The average Bonchev–Trinajstić information content (AvgIpc) is 2.19. The van der Waals surface area contributed by atoms with Crippen molar-refractivity contribution in [2.75, 3.05) is 18.1 Å². The van der Waals surface area contributed by atoms with Crippen molar-refractivity contribution >= 4 is 17.7 Å². The van der Waals surface area contributed by atoms with Crippen LogP contribution in [0.1, 0.15) is 6.92 Å². The number of hydrogen-bond acceptors (Lipinski definition) is 4. The zero-order chi connectivity index (χ0) is 14.6. The van der Waals surface area contributed by atoms with E-state index in [2.05, 4.69) is 4.74 Å². The van der Waals surface area contributed by atoms with E-state index in [4.69, 9.17) is 5.11 Å². The van der Waals surface area contributed by atoms with Crippen LogP contribution in [0, 0.1) is 0 Å². The van der Waals surface area contributed by atoms with E-state index < -0.39 is 30.5 Å². The number of carbonyl (C=O) groups is 1. The number of thioether (sulfide) groups is 1. The largest absolute Gasteiger partial charge is 0.462 e. The van der Waals surface area contributed by atoms with Crippen molar-refractivity contribution in [1.29, 1.82) is 0 Å². The lowest BCUT2D eigenvalue weighted by molar-refractivity contribution is -0.356. The van der Waals surface area contributed by atoms with Gasteiger partial charge >= 0.3 is 23.9 Å². The first-order valence-corrected chi connectivity index (χ1v) is 5.74. The molecule has 0 amide bonds. The Morgan fingerprint density at radius 1 is 1.17 bits per heavy atom. The predicted octanol–water partition coefficient (Wildman–Crippen LogP) is 2.14. The van der Waals surface area contributed by atoms with Gasteiger partial charge in [0.15, 0.2) is 0 Å². The van der Waals surface area contributed by atoms with Crippen molar-refractivity contribution in [3.05, 3.63) is 0 Å². The summed E-state index contributed by atoms with van der Waals surface area (Å²) in [5, 5.41) is 8.58. The summed E-state index contributed by atoms with van der Waals surface area (Å²) in [5.74, 6) is -2.17. The summed E-state index contributed by atoms with van der Waals surface area (Å²) in [6.07, 6.45) is -12.4. The molecule has 0 rings (SSSR count). The van der Waals surface area contributed by atoms with Gasteiger partial charge in [-0.15, -0.1) is 0 Å². The summed E-state index contributed by atoms with van der Waals surface area (Å²) in [4.78, 5) is 10.8. The molecule has 0 spiro atoms. The molecule has 0 saturated carbocycles. The minimum atomic E-state index is -6.19. The molecule has 108 valence electrons. The van der Waals surface area contributed by atoms with Crippen molar-refractivity contribution in [2.45, 2.75) is 24.9 Å². The quantitative estimate of drug-likeness (QED) is 0.480. The standard InChI is InChI=1S/C8H10F6O3S/c1-2-18-4-3-17-5(15)6(16,7(9,10)11)8(12,13)14/h16H,2-4H2,1H3. The van der Waals surface area contributed by atoms with Gasteiger partial charge in [0, 0.05) is 5.75 Å². The molecule has 0 fully saturated rings. The Kier molecular flexibility index (Phi) is 5.79. The molecule has 3 nitrogen and oxygen atoms in total. The normalized spacial score (nSPS) is 13.6. The van der Waals surface area contributed by atoms with Gasteiger partial charge in [0.2, 0.25) is 0 Å². The fourth-order valence-corrected chi connectivity index (χ4v) is 1.32. The molecule has 0 atom stereocenters. The maximum absolute atomic E-state index is 12.2. The Balaban J connectivity index is 4.86. The van der Waals surface area contributed by atoms with Gasteiger partial charge in [0.05, 0.1) is 0 Å². The van der Waals surface area contributed by atoms with Gasteiger partial charge in [-0.05, 0) is 5.75 Å². The van der Waals surface area contributed by atoms with Gasteiger partial charge in [-0.25, -0.2) is 4.79 Å². The average molecular weight is 300 g/mol. The lowest BCUT2D eigenvalue weighted by Crippen LogP contribution is -2.63. The molecular weight excluding hydrogens is 290 g/mol. The number of alkyl halides is 6. The van der Waals surface area contributed by atoms with Crippen LogP contribution in [0.25, 0.3) is 0 Å². The number of hydrogen-bond donors (Lipinski definition) is 1. The van der Waals surface area contributed by atoms with Crippen molar-refractivity contribution in [2.24, 2.45) is 0 Å². The van der Waals surface area contributed by atoms with E-state index in [9.17, 15) is 31.1 Å². The van der Waals surface area contributed by atoms with E-state index in [1.54, 1.807) is 6.92 Å². The SMILES string of the molecule is CCSCCOC(=O)C(O)(C(F)(F)F)C(F)(F)F. The monoisotopic (exact) mass is 300 g/mol. The first kappa shape index (κ1) is 17.4. The lowest BCUT2D eigenvalue weighted by atomic mass is 10.0. The smallest absolute Gasteiger partial charge is 0.437 e. The van der Waals surface area contributed by atoms with Gasteiger partial charge in [0.1, 0.15) is 6.61 Å². The number of carbonyl (C=O) groups excluding carboxylic acids is 1. The molecule has 0 aliphatic heterocycles. The maximum Gasteiger partial charge on any atom is 0.437 e. The highest BCUT2D eigenvalue weighted by atomic mass is 32.2. The molecule has 0 bridgehead atoms. The molecule has 0 radical (unpaired) electrons. The van der Waals surface area contributed by atoms with E-state index in [0.29, 0.717) is 5.75 Å². The molecule has 1 N–H and O–H groups in total. The number of aliphatic hydroxyl groups is 1. The van der Waals surface area contributed by atoms with E-state index in [-0.39, 0.29) is 5.75 Å². The number of ether oxygens (including phenoxy) is 1. The fraction of sp³-hybridized carbons (Fsp3) is 0.875. The zero-order valence-corrected chi connectivity index (χ0v) is 9.88. The Labute approximate surface area is 102 Å². The fourth-order valence-electron chi connectivity index (χ4n) is 0.834. The van der Waals surface area contributed by atoms with Gasteiger partial charge < -0.3 is 9.84 Å². The molecule has 0 unspecified atom stereocenters. The highest BCUT2D eigenvalue weighted by molar-refractivity contribution is 7.99. The zero-order valence-electron chi connectivity index (χ0n) is 9.06. The van der Waals surface area contributed by atoms with E-state index in [0.717, 1.165) is 11.8 Å². The van der Waals surface area contributed by atoms with Gasteiger partial charge in [-0.3, -0.25) is 0 Å². The van der Waals surface area contributed by atoms with Crippen molar-refractivity contribution < 1.29 is 41.0 Å². The minimum Gasteiger partial charge on any atom is -0.462 e. The molecule has 0 aromatic carbocycles. The third kappa shape index (κ3) is 3.67.